The van der Waals surface area contributed by atoms with E-state index < -0.39 is 0 Å². The van der Waals surface area contributed by atoms with Gasteiger partial charge in [-0.25, -0.2) is 0 Å². The van der Waals surface area contributed by atoms with Crippen molar-refractivity contribution in [3.8, 4) is 0 Å². The minimum Gasteiger partial charge on any atom is -0.463 e. The molecule has 0 amide bonds. The average molecular weight is 593 g/mol. The zero-order valence-corrected chi connectivity index (χ0v) is 26.7. The van der Waals surface area contributed by atoms with Crippen molar-refractivity contribution in [2.45, 2.75) is 104 Å². The quantitative estimate of drug-likeness (QED) is 0.0628. The van der Waals surface area contributed by atoms with Gasteiger partial charge in [-0.3, -0.25) is 4.79 Å². The molecule has 9 nitrogen and oxygen atoms in total. The monoisotopic (exact) mass is 592 g/mol. The maximum atomic E-state index is 11.6. The Balaban J connectivity index is 3.08. The molecule has 0 N–H and O–H groups in total. The molecule has 0 rings (SSSR count). The average Bonchev–Trinajstić information content (AvgIpc) is 2.98. The van der Waals surface area contributed by atoms with Crippen molar-refractivity contribution in [2.75, 3.05) is 99.1 Å². The van der Waals surface area contributed by atoms with Gasteiger partial charge >= 0.3 is 5.97 Å². The summed E-state index contributed by atoms with van der Waals surface area (Å²) in [6, 6.07) is 0. The van der Waals surface area contributed by atoms with Crippen LogP contribution in [0.1, 0.15) is 104 Å². The van der Waals surface area contributed by atoms with Gasteiger partial charge in [0.2, 0.25) is 0 Å². The third kappa shape index (κ3) is 37.2. The van der Waals surface area contributed by atoms with Gasteiger partial charge in [-0.05, 0) is 12.8 Å². The van der Waals surface area contributed by atoms with Gasteiger partial charge < -0.3 is 37.9 Å². The van der Waals surface area contributed by atoms with Crippen LogP contribution < -0.4 is 0 Å². The van der Waals surface area contributed by atoms with E-state index in [0.717, 1.165) is 25.9 Å². The van der Waals surface area contributed by atoms with Crippen LogP contribution in [0.15, 0.2) is 0 Å². The van der Waals surface area contributed by atoms with Gasteiger partial charge in [-0.15, -0.1) is 0 Å². The van der Waals surface area contributed by atoms with Crippen LogP contribution in [0.2, 0.25) is 0 Å². The molecule has 0 heterocycles. The van der Waals surface area contributed by atoms with Gasteiger partial charge in [0, 0.05) is 13.0 Å². The Morgan fingerprint density at radius 3 is 1.02 bits per heavy atom. The van der Waals surface area contributed by atoms with E-state index in [1.54, 1.807) is 0 Å². The van der Waals surface area contributed by atoms with Crippen molar-refractivity contribution in [2.24, 2.45) is 0 Å². The van der Waals surface area contributed by atoms with E-state index in [9.17, 15) is 4.79 Å². The number of carbonyl (C=O) groups is 1. The summed E-state index contributed by atoms with van der Waals surface area (Å²) in [7, 11) is 0. The number of esters is 1. The molecule has 0 spiro atoms. The summed E-state index contributed by atoms with van der Waals surface area (Å²) >= 11 is 0. The molecular weight excluding hydrogens is 528 g/mol. The molecular formula is C32H64O9. The van der Waals surface area contributed by atoms with Gasteiger partial charge in [0.25, 0.3) is 0 Å². The van der Waals surface area contributed by atoms with Crippen LogP contribution in [0.5, 0.6) is 0 Å². The maximum Gasteiger partial charge on any atom is 0.305 e. The molecule has 41 heavy (non-hydrogen) atoms. The molecule has 0 aromatic heterocycles. The van der Waals surface area contributed by atoms with Crippen molar-refractivity contribution in [1.29, 1.82) is 0 Å². The first-order valence-corrected chi connectivity index (χ1v) is 16.5. The Labute approximate surface area is 251 Å². The lowest BCUT2D eigenvalue weighted by molar-refractivity contribution is -0.145. The maximum absolute atomic E-state index is 11.6. The van der Waals surface area contributed by atoms with E-state index in [2.05, 4.69) is 13.8 Å². The highest BCUT2D eigenvalue weighted by Crippen LogP contribution is 2.08. The smallest absolute Gasteiger partial charge is 0.305 e. The first-order chi connectivity index (χ1) is 20.3. The number of ether oxygens (including phenoxy) is 8. The predicted octanol–water partition coefficient (Wildman–Crippen LogP) is 6.15. The summed E-state index contributed by atoms with van der Waals surface area (Å²) in [5, 5.41) is 0. The molecule has 0 saturated carbocycles. The van der Waals surface area contributed by atoms with Gasteiger partial charge in [0.1, 0.15) is 6.61 Å². The Kier molecular flexibility index (Phi) is 36.5. The van der Waals surface area contributed by atoms with Crippen LogP contribution in [0.3, 0.4) is 0 Å². The highest BCUT2D eigenvalue weighted by atomic mass is 16.6. The van der Waals surface area contributed by atoms with Crippen LogP contribution in [0.4, 0.5) is 0 Å². The van der Waals surface area contributed by atoms with Crippen LogP contribution in [-0.2, 0) is 42.7 Å². The summed E-state index contributed by atoms with van der Waals surface area (Å²) < 4.78 is 43.6. The molecule has 246 valence electrons. The highest BCUT2D eigenvalue weighted by molar-refractivity contribution is 5.69. The molecule has 0 aromatic rings. The lowest BCUT2D eigenvalue weighted by Gasteiger charge is -2.09. The van der Waals surface area contributed by atoms with Crippen molar-refractivity contribution in [1.82, 2.24) is 0 Å². The van der Waals surface area contributed by atoms with Crippen molar-refractivity contribution < 1.29 is 42.7 Å². The molecule has 0 atom stereocenters. The molecule has 0 saturated heterocycles. The van der Waals surface area contributed by atoms with Crippen LogP contribution in [-0.4, -0.2) is 105 Å². The summed E-state index contributed by atoms with van der Waals surface area (Å²) in [6.45, 7) is 12.4. The summed E-state index contributed by atoms with van der Waals surface area (Å²) in [5.41, 5.74) is 0. The molecule has 0 fully saturated rings. The van der Waals surface area contributed by atoms with E-state index in [4.69, 9.17) is 37.9 Å². The van der Waals surface area contributed by atoms with E-state index >= 15 is 0 Å². The van der Waals surface area contributed by atoms with Crippen LogP contribution in [0.25, 0.3) is 0 Å². The molecule has 0 aliphatic carbocycles. The lowest BCUT2D eigenvalue weighted by atomic mass is 10.1. The Morgan fingerprint density at radius 1 is 0.341 bits per heavy atom. The summed E-state index contributed by atoms with van der Waals surface area (Å²) in [6.07, 6.45) is 16.7. The number of rotatable bonds is 36. The largest absolute Gasteiger partial charge is 0.463 e. The standard InChI is InChI=1S/C32H64O9/c1-3-5-7-9-10-11-13-15-17-34-18-19-35-20-21-36-22-23-37-24-25-38-26-27-39-28-29-40-30-31-41-32(33)16-14-12-8-6-4-2/h3-31H2,1-2H3. The summed E-state index contributed by atoms with van der Waals surface area (Å²) in [4.78, 5) is 11.6. The molecule has 0 bridgehead atoms. The third-order valence-corrected chi connectivity index (χ3v) is 6.35. The van der Waals surface area contributed by atoms with Gasteiger partial charge in [0.15, 0.2) is 0 Å². The highest BCUT2D eigenvalue weighted by Gasteiger charge is 2.02. The molecule has 0 aromatic carbocycles. The minimum atomic E-state index is -0.138. The fourth-order valence-corrected chi connectivity index (χ4v) is 3.92. The number of hydrogen-bond donors (Lipinski definition) is 0. The second-order valence-electron chi connectivity index (χ2n) is 10.1. The molecule has 0 aliphatic heterocycles. The Hall–Kier alpha value is -0.810. The van der Waals surface area contributed by atoms with Crippen LogP contribution in [0, 0.1) is 0 Å². The number of hydrogen-bond acceptors (Lipinski definition) is 9. The van der Waals surface area contributed by atoms with Crippen molar-refractivity contribution in [3.63, 3.8) is 0 Å². The Bertz CT molecular complexity index is 494. The Morgan fingerprint density at radius 2 is 0.634 bits per heavy atom. The zero-order chi connectivity index (χ0) is 29.7. The normalized spacial score (nSPS) is 11.4. The fourth-order valence-electron chi connectivity index (χ4n) is 3.92. The van der Waals surface area contributed by atoms with E-state index in [1.165, 1.54) is 64.2 Å². The topological polar surface area (TPSA) is 90.9 Å². The summed E-state index contributed by atoms with van der Waals surface area (Å²) in [5.74, 6) is -0.138. The fraction of sp³-hybridized carbons (Fsp3) is 0.969. The predicted molar refractivity (Wildman–Crippen MR) is 163 cm³/mol. The molecule has 0 aliphatic rings. The van der Waals surface area contributed by atoms with Gasteiger partial charge in [-0.1, -0.05) is 84.5 Å². The van der Waals surface area contributed by atoms with E-state index in [1.807, 2.05) is 0 Å². The van der Waals surface area contributed by atoms with E-state index in [0.29, 0.717) is 98.9 Å². The van der Waals surface area contributed by atoms with Crippen molar-refractivity contribution >= 4 is 5.97 Å². The van der Waals surface area contributed by atoms with Gasteiger partial charge in [0.05, 0.1) is 85.9 Å². The third-order valence-electron chi connectivity index (χ3n) is 6.35. The number of carbonyl (C=O) groups excluding carboxylic acids is 1. The second-order valence-corrected chi connectivity index (χ2v) is 10.1. The SMILES string of the molecule is CCCCCCCCCCOCCOCCOCCOCCOCCOCCOCCOC(=O)CCCCCCC. The van der Waals surface area contributed by atoms with Crippen molar-refractivity contribution in [3.05, 3.63) is 0 Å². The first kappa shape index (κ1) is 40.2. The zero-order valence-electron chi connectivity index (χ0n) is 26.7. The van der Waals surface area contributed by atoms with E-state index in [-0.39, 0.29) is 5.97 Å². The lowest BCUT2D eigenvalue weighted by Crippen LogP contribution is -2.15. The minimum absolute atomic E-state index is 0.138. The molecule has 0 unspecified atom stereocenters. The van der Waals surface area contributed by atoms with Crippen LogP contribution >= 0.6 is 0 Å². The molecule has 0 radical (unpaired) electrons. The second kappa shape index (κ2) is 37.2. The molecule has 9 heteroatoms. The van der Waals surface area contributed by atoms with Gasteiger partial charge in [-0.2, -0.15) is 0 Å². The number of unbranched alkanes of at least 4 members (excludes halogenated alkanes) is 11. The first-order valence-electron chi connectivity index (χ1n) is 16.5.